The molecule has 2 aromatic rings. The van der Waals surface area contributed by atoms with Crippen molar-refractivity contribution in [2.45, 2.75) is 45.6 Å². The van der Waals surface area contributed by atoms with Crippen LogP contribution in [-0.2, 0) is 11.2 Å². The van der Waals surface area contributed by atoms with Gasteiger partial charge in [0.05, 0.1) is 11.6 Å². The summed E-state index contributed by atoms with van der Waals surface area (Å²) in [7, 11) is 0. The lowest BCUT2D eigenvalue weighted by atomic mass is 9.94. The minimum Gasteiger partial charge on any atom is -0.481 e. The summed E-state index contributed by atoms with van der Waals surface area (Å²) in [4.78, 5) is 11.6. The van der Waals surface area contributed by atoms with Crippen LogP contribution in [0.25, 0.3) is 0 Å². The van der Waals surface area contributed by atoms with Gasteiger partial charge in [0.25, 0.3) is 0 Å². The van der Waals surface area contributed by atoms with E-state index in [0.29, 0.717) is 12.5 Å². The molecule has 0 fully saturated rings. The molecule has 0 saturated heterocycles. The molecule has 1 heterocycles. The van der Waals surface area contributed by atoms with Gasteiger partial charge in [0.2, 0.25) is 0 Å². The molecule has 0 spiro atoms. The summed E-state index contributed by atoms with van der Waals surface area (Å²) in [6, 6.07) is 9.92. The fourth-order valence-corrected chi connectivity index (χ4v) is 2.27. The van der Waals surface area contributed by atoms with Gasteiger partial charge in [0.1, 0.15) is 0 Å². The molecule has 0 aliphatic carbocycles. The fraction of sp³-hybridized carbons (Fsp3) is 0.412. The van der Waals surface area contributed by atoms with Crippen LogP contribution in [-0.4, -0.2) is 20.9 Å². The van der Waals surface area contributed by atoms with E-state index in [1.807, 2.05) is 48.1 Å². The second-order valence-corrected chi connectivity index (χ2v) is 5.55. The number of carbonyl (C=O) groups is 1. The third kappa shape index (κ3) is 3.72. The third-order valence-electron chi connectivity index (χ3n) is 3.90. The molecule has 4 heteroatoms. The van der Waals surface area contributed by atoms with E-state index in [4.69, 9.17) is 0 Å². The molecule has 0 amide bonds. The lowest BCUT2D eigenvalue weighted by molar-refractivity contribution is -0.138. The SMILES string of the molecule is CCC(C)n1ccc(CC(C(=O)O)c2ccc(C)cc2)n1. The van der Waals surface area contributed by atoms with E-state index in [0.717, 1.165) is 23.2 Å². The van der Waals surface area contributed by atoms with Crippen LogP contribution in [0.4, 0.5) is 0 Å². The van der Waals surface area contributed by atoms with Crippen molar-refractivity contribution in [3.63, 3.8) is 0 Å². The van der Waals surface area contributed by atoms with Crippen molar-refractivity contribution in [2.75, 3.05) is 0 Å². The molecule has 0 aliphatic heterocycles. The highest BCUT2D eigenvalue weighted by molar-refractivity contribution is 5.76. The van der Waals surface area contributed by atoms with E-state index < -0.39 is 11.9 Å². The molecule has 2 unspecified atom stereocenters. The first-order valence-electron chi connectivity index (χ1n) is 7.34. The van der Waals surface area contributed by atoms with Gasteiger partial charge in [-0.05, 0) is 31.9 Å². The Kier molecular flexibility index (Phi) is 4.78. The number of rotatable bonds is 6. The molecule has 0 aliphatic rings. The van der Waals surface area contributed by atoms with Crippen molar-refractivity contribution < 1.29 is 9.90 Å². The number of benzene rings is 1. The van der Waals surface area contributed by atoms with Crippen LogP contribution < -0.4 is 0 Å². The molecule has 112 valence electrons. The Labute approximate surface area is 125 Å². The molecule has 4 nitrogen and oxygen atoms in total. The van der Waals surface area contributed by atoms with Crippen LogP contribution in [0.1, 0.15) is 49.0 Å². The Bertz CT molecular complexity index is 602. The zero-order chi connectivity index (χ0) is 15.4. The van der Waals surface area contributed by atoms with Gasteiger partial charge in [-0.15, -0.1) is 0 Å². The van der Waals surface area contributed by atoms with Gasteiger partial charge in [-0.25, -0.2) is 0 Å². The van der Waals surface area contributed by atoms with E-state index >= 15 is 0 Å². The number of hydrogen-bond donors (Lipinski definition) is 1. The molecule has 0 bridgehead atoms. The minimum absolute atomic E-state index is 0.335. The predicted octanol–water partition coefficient (Wildman–Crippen LogP) is 3.57. The van der Waals surface area contributed by atoms with Crippen LogP contribution in [0.2, 0.25) is 0 Å². The van der Waals surface area contributed by atoms with E-state index in [2.05, 4.69) is 18.9 Å². The number of aryl methyl sites for hydroxylation is 1. The van der Waals surface area contributed by atoms with Crippen molar-refractivity contribution in [1.82, 2.24) is 9.78 Å². The number of carboxylic acid groups (broad SMARTS) is 1. The predicted molar refractivity (Wildman–Crippen MR) is 82.5 cm³/mol. The summed E-state index contributed by atoms with van der Waals surface area (Å²) < 4.78 is 1.91. The summed E-state index contributed by atoms with van der Waals surface area (Å²) in [5, 5.41) is 14.0. The van der Waals surface area contributed by atoms with Crippen LogP contribution in [0.3, 0.4) is 0 Å². The molecule has 1 aromatic heterocycles. The molecular weight excluding hydrogens is 264 g/mol. The first-order chi connectivity index (χ1) is 10.0. The second-order valence-electron chi connectivity index (χ2n) is 5.55. The molecular formula is C17H22N2O2. The average molecular weight is 286 g/mol. The van der Waals surface area contributed by atoms with Crippen molar-refractivity contribution in [3.8, 4) is 0 Å². The highest BCUT2D eigenvalue weighted by Crippen LogP contribution is 2.22. The summed E-state index contributed by atoms with van der Waals surface area (Å²) in [5.41, 5.74) is 2.78. The molecule has 1 aromatic carbocycles. The standard InChI is InChI=1S/C17H22N2O2/c1-4-13(3)19-10-9-15(18-19)11-16(17(20)21)14-7-5-12(2)6-8-14/h5-10,13,16H,4,11H2,1-3H3,(H,20,21). The molecule has 1 N–H and O–H groups in total. The lowest BCUT2D eigenvalue weighted by Crippen LogP contribution is -2.15. The number of aromatic nitrogens is 2. The number of aliphatic carboxylic acids is 1. The van der Waals surface area contributed by atoms with Gasteiger partial charge in [0.15, 0.2) is 0 Å². The van der Waals surface area contributed by atoms with Gasteiger partial charge in [-0.3, -0.25) is 9.48 Å². The van der Waals surface area contributed by atoms with E-state index in [9.17, 15) is 9.90 Å². The van der Waals surface area contributed by atoms with Crippen LogP contribution in [0.5, 0.6) is 0 Å². The van der Waals surface area contributed by atoms with Gasteiger partial charge >= 0.3 is 5.97 Å². The lowest BCUT2D eigenvalue weighted by Gasteiger charge is -2.12. The van der Waals surface area contributed by atoms with Crippen molar-refractivity contribution in [2.24, 2.45) is 0 Å². The highest BCUT2D eigenvalue weighted by Gasteiger charge is 2.21. The van der Waals surface area contributed by atoms with Gasteiger partial charge < -0.3 is 5.11 Å². The van der Waals surface area contributed by atoms with Crippen LogP contribution >= 0.6 is 0 Å². The molecule has 0 radical (unpaired) electrons. The van der Waals surface area contributed by atoms with Gasteiger partial charge in [-0.2, -0.15) is 5.10 Å². The second kappa shape index (κ2) is 6.57. The van der Waals surface area contributed by atoms with Crippen molar-refractivity contribution in [3.05, 3.63) is 53.3 Å². The summed E-state index contributed by atoms with van der Waals surface area (Å²) in [6.07, 6.45) is 3.35. The first kappa shape index (κ1) is 15.3. The Balaban J connectivity index is 2.18. The topological polar surface area (TPSA) is 55.1 Å². The normalized spacial score (nSPS) is 13.9. The zero-order valence-corrected chi connectivity index (χ0v) is 12.8. The quantitative estimate of drug-likeness (QED) is 0.883. The summed E-state index contributed by atoms with van der Waals surface area (Å²) >= 11 is 0. The first-order valence-corrected chi connectivity index (χ1v) is 7.34. The largest absolute Gasteiger partial charge is 0.481 e. The monoisotopic (exact) mass is 286 g/mol. The molecule has 2 atom stereocenters. The Morgan fingerprint density at radius 1 is 1.29 bits per heavy atom. The number of hydrogen-bond acceptors (Lipinski definition) is 2. The Morgan fingerprint density at radius 3 is 2.52 bits per heavy atom. The van der Waals surface area contributed by atoms with E-state index in [-0.39, 0.29) is 0 Å². The van der Waals surface area contributed by atoms with Crippen LogP contribution in [0, 0.1) is 6.92 Å². The maximum absolute atomic E-state index is 11.6. The van der Waals surface area contributed by atoms with E-state index in [1.165, 1.54) is 0 Å². The fourth-order valence-electron chi connectivity index (χ4n) is 2.27. The molecule has 21 heavy (non-hydrogen) atoms. The molecule has 2 rings (SSSR count). The third-order valence-corrected chi connectivity index (χ3v) is 3.90. The number of nitrogens with zero attached hydrogens (tertiary/aromatic N) is 2. The van der Waals surface area contributed by atoms with E-state index in [1.54, 1.807) is 0 Å². The molecule has 0 saturated carbocycles. The maximum atomic E-state index is 11.6. The highest BCUT2D eigenvalue weighted by atomic mass is 16.4. The minimum atomic E-state index is -0.808. The Hall–Kier alpha value is -2.10. The maximum Gasteiger partial charge on any atom is 0.311 e. The summed E-state index contributed by atoms with van der Waals surface area (Å²) in [5.74, 6) is -1.36. The number of carboxylic acids is 1. The van der Waals surface area contributed by atoms with Crippen molar-refractivity contribution in [1.29, 1.82) is 0 Å². The van der Waals surface area contributed by atoms with Gasteiger partial charge in [0, 0.05) is 18.7 Å². The van der Waals surface area contributed by atoms with Crippen molar-refractivity contribution >= 4 is 5.97 Å². The zero-order valence-electron chi connectivity index (χ0n) is 12.8. The smallest absolute Gasteiger partial charge is 0.311 e. The average Bonchev–Trinajstić information content (AvgIpc) is 2.93. The van der Waals surface area contributed by atoms with Crippen LogP contribution in [0.15, 0.2) is 36.5 Å². The summed E-state index contributed by atoms with van der Waals surface area (Å²) in [6.45, 7) is 6.21. The Morgan fingerprint density at radius 2 is 1.95 bits per heavy atom. The van der Waals surface area contributed by atoms with Gasteiger partial charge in [-0.1, -0.05) is 36.8 Å².